The number of amides is 2. The van der Waals surface area contributed by atoms with Gasteiger partial charge in [-0.2, -0.15) is 0 Å². The fourth-order valence-corrected chi connectivity index (χ4v) is 6.51. The van der Waals surface area contributed by atoms with Crippen LogP contribution in [0.25, 0.3) is 11.3 Å². The molecule has 256 valence electrons. The number of benzene rings is 1. The number of piperidine rings is 1. The van der Waals surface area contributed by atoms with E-state index in [4.69, 9.17) is 38.7 Å². The molecule has 0 spiro atoms. The number of anilines is 1. The van der Waals surface area contributed by atoms with Crippen LogP contribution >= 0.6 is 23.2 Å². The minimum absolute atomic E-state index is 0.00494. The number of hydrogen-bond donors (Lipinski definition) is 2. The van der Waals surface area contributed by atoms with Crippen LogP contribution in [-0.4, -0.2) is 94.6 Å². The summed E-state index contributed by atoms with van der Waals surface area (Å²) in [6.07, 6.45) is 4.25. The molecule has 2 saturated heterocycles. The molecule has 2 aromatic heterocycles. The number of piperazine rings is 1. The van der Waals surface area contributed by atoms with Gasteiger partial charge in [-0.3, -0.25) is 19.4 Å². The highest BCUT2D eigenvalue weighted by Gasteiger charge is 2.25. The second kappa shape index (κ2) is 16.4. The van der Waals surface area contributed by atoms with Crippen molar-refractivity contribution in [1.29, 1.82) is 0 Å². The van der Waals surface area contributed by atoms with Crippen molar-refractivity contribution in [2.24, 2.45) is 11.7 Å². The van der Waals surface area contributed by atoms with Gasteiger partial charge in [-0.25, -0.2) is 19.7 Å². The number of esters is 1. The second-order valence-corrected chi connectivity index (χ2v) is 13.1. The lowest BCUT2D eigenvalue weighted by Crippen LogP contribution is -2.50. The molecule has 3 N–H and O–H groups in total. The third-order valence-electron chi connectivity index (χ3n) is 8.51. The van der Waals surface area contributed by atoms with E-state index in [1.54, 1.807) is 25.4 Å². The number of likely N-dealkylation sites (tertiary alicyclic amines) is 1. The molecular formula is C33H40Cl2N8O5. The fraction of sp³-hybridized carbons (Fsp3) is 0.455. The van der Waals surface area contributed by atoms with E-state index in [0.717, 1.165) is 37.1 Å². The van der Waals surface area contributed by atoms with Crippen LogP contribution in [-0.2, 0) is 20.9 Å². The minimum atomic E-state index is -1.09. The van der Waals surface area contributed by atoms with Gasteiger partial charge in [-0.05, 0) is 68.6 Å². The molecule has 48 heavy (non-hydrogen) atoms. The highest BCUT2D eigenvalue weighted by atomic mass is 35.5. The van der Waals surface area contributed by atoms with Crippen molar-refractivity contribution in [3.05, 3.63) is 58.3 Å². The van der Waals surface area contributed by atoms with Crippen LogP contribution in [0.1, 0.15) is 38.7 Å². The van der Waals surface area contributed by atoms with Gasteiger partial charge in [-0.15, -0.1) is 0 Å². The lowest BCUT2D eigenvalue weighted by molar-refractivity contribution is -0.138. The van der Waals surface area contributed by atoms with Crippen molar-refractivity contribution in [2.75, 3.05) is 50.7 Å². The Morgan fingerprint density at radius 1 is 0.979 bits per heavy atom. The van der Waals surface area contributed by atoms with Gasteiger partial charge in [0.05, 0.1) is 24.5 Å². The Hall–Kier alpha value is -4.04. The van der Waals surface area contributed by atoms with Crippen molar-refractivity contribution in [3.8, 4) is 22.9 Å². The smallest absolute Gasteiger partial charge is 0.412 e. The maximum Gasteiger partial charge on any atom is 0.412 e. The largest absolute Gasteiger partial charge is 0.436 e. The van der Waals surface area contributed by atoms with Gasteiger partial charge in [0.1, 0.15) is 0 Å². The quantitative estimate of drug-likeness (QED) is 0.215. The number of carbonyl (C=O) groups excluding carboxylic acids is 3. The first-order valence-corrected chi connectivity index (χ1v) is 16.7. The molecule has 1 aromatic carbocycles. The van der Waals surface area contributed by atoms with Crippen LogP contribution < -0.4 is 20.7 Å². The summed E-state index contributed by atoms with van der Waals surface area (Å²) in [6, 6.07) is 9.17. The van der Waals surface area contributed by atoms with Gasteiger partial charge in [0.25, 0.3) is 0 Å². The highest BCUT2D eigenvalue weighted by Crippen LogP contribution is 2.31. The predicted octanol–water partition coefficient (Wildman–Crippen LogP) is 4.51. The highest BCUT2D eigenvalue weighted by molar-refractivity contribution is 6.35. The van der Waals surface area contributed by atoms with Gasteiger partial charge in [0, 0.05) is 73.9 Å². The van der Waals surface area contributed by atoms with Crippen LogP contribution in [0.3, 0.4) is 0 Å². The monoisotopic (exact) mass is 698 g/mol. The molecule has 3 aromatic rings. The van der Waals surface area contributed by atoms with E-state index >= 15 is 0 Å². The first-order valence-electron chi connectivity index (χ1n) is 15.9. The summed E-state index contributed by atoms with van der Waals surface area (Å²) in [6.45, 7) is 9.42. The molecule has 2 aliphatic rings. The number of aromatic nitrogens is 3. The summed E-state index contributed by atoms with van der Waals surface area (Å²) in [7, 11) is 0. The van der Waals surface area contributed by atoms with Crippen molar-refractivity contribution >= 4 is 47.1 Å². The molecular weight excluding hydrogens is 659 g/mol. The topological polar surface area (TPSA) is 156 Å². The molecule has 2 aliphatic heterocycles. The molecule has 0 radical (unpaired) electrons. The van der Waals surface area contributed by atoms with E-state index in [1.165, 1.54) is 0 Å². The second-order valence-electron chi connectivity index (χ2n) is 12.2. The number of pyridine rings is 1. The zero-order chi connectivity index (χ0) is 34.2. The van der Waals surface area contributed by atoms with Gasteiger partial charge in [0.15, 0.2) is 5.75 Å². The maximum atomic E-state index is 11.8. The lowest BCUT2D eigenvalue weighted by Gasteiger charge is -2.37. The van der Waals surface area contributed by atoms with Crippen LogP contribution in [0.2, 0.25) is 10.0 Å². The van der Waals surface area contributed by atoms with Crippen LogP contribution in [0.15, 0.2) is 42.7 Å². The van der Waals surface area contributed by atoms with E-state index in [9.17, 15) is 14.4 Å². The summed E-state index contributed by atoms with van der Waals surface area (Å²) >= 11 is 12.7. The number of primary amides is 1. The third-order valence-corrected chi connectivity index (χ3v) is 8.94. The van der Waals surface area contributed by atoms with Crippen molar-refractivity contribution in [2.45, 2.75) is 45.7 Å². The van der Waals surface area contributed by atoms with Gasteiger partial charge < -0.3 is 25.4 Å². The van der Waals surface area contributed by atoms with Crippen LogP contribution in [0, 0.1) is 5.92 Å². The number of ether oxygens (including phenoxy) is 2. The summed E-state index contributed by atoms with van der Waals surface area (Å²) < 4.78 is 10.6. The summed E-state index contributed by atoms with van der Waals surface area (Å²) in [5.74, 6) is 1.25. The number of halogens is 2. The average molecular weight is 700 g/mol. The molecule has 2 fully saturated rings. The Balaban J connectivity index is 1.24. The molecule has 13 nitrogen and oxygen atoms in total. The Labute approximate surface area is 289 Å². The summed E-state index contributed by atoms with van der Waals surface area (Å²) in [5.41, 5.74) is 7.42. The van der Waals surface area contributed by atoms with E-state index in [-0.39, 0.29) is 18.4 Å². The molecule has 1 unspecified atom stereocenters. The van der Waals surface area contributed by atoms with Crippen LogP contribution in [0.4, 0.5) is 10.7 Å². The standard InChI is InChI=1S/C33H40Cl2N8O5/c1-21(11-31(45)48-32(36)46)42-7-9-43(10-8-42)33-38-18-28(19-39-33)47-30-13-24(12-29(40-30)25-14-26(34)16-27(35)15-25)20-41-5-3-23(4-6-41)17-37-22(2)44/h12-16,18-19,21,23H,3-11,17,20H2,1-2H3,(H2,36,46)(H,37,44). The van der Waals surface area contributed by atoms with E-state index < -0.39 is 12.1 Å². The fourth-order valence-electron chi connectivity index (χ4n) is 5.98. The van der Waals surface area contributed by atoms with Crippen molar-refractivity contribution in [3.63, 3.8) is 0 Å². The number of rotatable bonds is 11. The van der Waals surface area contributed by atoms with Gasteiger partial charge in [-0.1, -0.05) is 23.2 Å². The van der Waals surface area contributed by atoms with E-state index in [1.807, 2.05) is 31.2 Å². The number of nitrogens with one attached hydrogen (secondary N) is 1. The molecule has 1 atom stereocenters. The summed E-state index contributed by atoms with van der Waals surface area (Å²) in [5, 5.41) is 3.96. The Bertz CT molecular complexity index is 1580. The average Bonchev–Trinajstić information content (AvgIpc) is 3.04. The minimum Gasteiger partial charge on any atom is -0.436 e. The molecule has 15 heteroatoms. The molecule has 2 amide bonds. The number of nitrogens with two attached hydrogens (primary N) is 1. The van der Waals surface area contributed by atoms with E-state index in [2.05, 4.69) is 34.7 Å². The lowest BCUT2D eigenvalue weighted by atomic mass is 9.96. The molecule has 0 bridgehead atoms. The molecule has 0 saturated carbocycles. The Morgan fingerprint density at radius 2 is 1.65 bits per heavy atom. The first-order chi connectivity index (χ1) is 23.0. The third kappa shape index (κ3) is 10.2. The zero-order valence-electron chi connectivity index (χ0n) is 27.0. The molecule has 0 aliphatic carbocycles. The number of hydrogen-bond acceptors (Lipinski definition) is 11. The maximum absolute atomic E-state index is 11.8. The first kappa shape index (κ1) is 35.3. The van der Waals surface area contributed by atoms with E-state index in [0.29, 0.717) is 78.5 Å². The van der Waals surface area contributed by atoms with Crippen LogP contribution in [0.5, 0.6) is 11.6 Å². The Morgan fingerprint density at radius 3 is 2.27 bits per heavy atom. The SMILES string of the molecule is CC(=O)NCC1CCN(Cc2cc(Oc3cnc(N4CCN(C(C)CC(=O)OC(N)=O)CC4)nc3)nc(-c3cc(Cl)cc(Cl)c3)c2)CC1. The number of nitrogens with zero attached hydrogens (tertiary/aromatic N) is 6. The molecule has 4 heterocycles. The van der Waals surface area contributed by atoms with Gasteiger partial charge in [0.2, 0.25) is 17.7 Å². The zero-order valence-corrected chi connectivity index (χ0v) is 28.5. The van der Waals surface area contributed by atoms with Crippen molar-refractivity contribution < 1.29 is 23.9 Å². The molecule has 5 rings (SSSR count). The Kier molecular flexibility index (Phi) is 12.0. The predicted molar refractivity (Wildman–Crippen MR) is 182 cm³/mol. The van der Waals surface area contributed by atoms with Crippen molar-refractivity contribution in [1.82, 2.24) is 30.1 Å². The van der Waals surface area contributed by atoms with Gasteiger partial charge >= 0.3 is 12.1 Å². The summed E-state index contributed by atoms with van der Waals surface area (Å²) in [4.78, 5) is 54.4. The normalized spacial score (nSPS) is 16.7. The number of carbonyl (C=O) groups is 3.